The van der Waals surface area contributed by atoms with Crippen molar-refractivity contribution in [1.29, 1.82) is 0 Å². The third kappa shape index (κ3) is 7.41. The number of rotatable bonds is 11. The number of carbonyl (C=O) groups is 2. The summed E-state index contributed by atoms with van der Waals surface area (Å²) in [5.74, 6) is -1.96. The lowest BCUT2D eigenvalue weighted by Gasteiger charge is -2.20. The highest BCUT2D eigenvalue weighted by Crippen LogP contribution is 2.31. The number of imidazole rings is 1. The molecule has 1 aromatic heterocycles. The Morgan fingerprint density at radius 1 is 0.935 bits per heavy atom. The van der Waals surface area contributed by atoms with E-state index in [9.17, 15) is 18.4 Å². The second kappa shape index (κ2) is 14.2. The third-order valence-electron chi connectivity index (χ3n) is 7.20. The number of amides is 3. The zero-order valence-corrected chi connectivity index (χ0v) is 25.8. The lowest BCUT2D eigenvalue weighted by Crippen LogP contribution is -2.34. The van der Waals surface area contributed by atoms with Gasteiger partial charge in [0.05, 0.1) is 33.5 Å². The summed E-state index contributed by atoms with van der Waals surface area (Å²) >= 11 is 12.0. The van der Waals surface area contributed by atoms with E-state index in [1.807, 2.05) is 28.8 Å². The maximum Gasteiger partial charge on any atom is 0.319 e. The number of hydrogen-bond donors (Lipinski definition) is 3. The second-order valence-electron chi connectivity index (χ2n) is 10.3. The molecule has 3 amide bonds. The molecular formula is C34H28Cl2F2N6O2. The van der Waals surface area contributed by atoms with Gasteiger partial charge in [-0.3, -0.25) is 4.79 Å². The maximum absolute atomic E-state index is 14.1. The monoisotopic (exact) mass is 660 g/mol. The molecule has 0 aliphatic heterocycles. The van der Waals surface area contributed by atoms with Crippen LogP contribution in [-0.4, -0.2) is 21.5 Å². The third-order valence-corrected chi connectivity index (χ3v) is 7.94. The van der Waals surface area contributed by atoms with Crippen LogP contribution >= 0.6 is 23.2 Å². The maximum atomic E-state index is 14.1. The van der Waals surface area contributed by atoms with Crippen LogP contribution in [-0.2, 0) is 11.3 Å². The van der Waals surface area contributed by atoms with Gasteiger partial charge in [0.15, 0.2) is 11.6 Å². The van der Waals surface area contributed by atoms with Gasteiger partial charge in [0.1, 0.15) is 5.82 Å². The topological polar surface area (TPSA) is 105 Å². The summed E-state index contributed by atoms with van der Waals surface area (Å²) in [6.45, 7) is 11.0. The Kier molecular flexibility index (Phi) is 10.1. The van der Waals surface area contributed by atoms with E-state index >= 15 is 0 Å². The van der Waals surface area contributed by atoms with Gasteiger partial charge in [0, 0.05) is 36.6 Å². The van der Waals surface area contributed by atoms with Gasteiger partial charge in [-0.15, -0.1) is 0 Å². The number of nitrogens with two attached hydrogens (primary N) is 1. The lowest BCUT2D eigenvalue weighted by atomic mass is 10.0. The molecule has 46 heavy (non-hydrogen) atoms. The van der Waals surface area contributed by atoms with Crippen molar-refractivity contribution >= 4 is 57.5 Å². The van der Waals surface area contributed by atoms with E-state index in [1.165, 1.54) is 12.1 Å². The number of hydrogen-bond acceptors (Lipinski definition) is 4. The zero-order chi connectivity index (χ0) is 33.0. The molecule has 0 saturated heterocycles. The molecule has 4 radical (unpaired) electrons. The minimum atomic E-state index is -0.955. The van der Waals surface area contributed by atoms with Crippen LogP contribution in [0.1, 0.15) is 23.6 Å². The Morgan fingerprint density at radius 2 is 1.67 bits per heavy atom. The van der Waals surface area contributed by atoms with Gasteiger partial charge in [-0.1, -0.05) is 35.3 Å². The van der Waals surface area contributed by atoms with Crippen LogP contribution in [0.2, 0.25) is 10.0 Å². The van der Waals surface area contributed by atoms with E-state index in [-0.39, 0.29) is 18.0 Å². The van der Waals surface area contributed by atoms with Gasteiger partial charge in [0.2, 0.25) is 5.91 Å². The van der Waals surface area contributed by atoms with Crippen LogP contribution in [0.15, 0.2) is 78.9 Å². The fourth-order valence-electron chi connectivity index (χ4n) is 4.99. The molecule has 0 fully saturated rings. The van der Waals surface area contributed by atoms with Crippen LogP contribution < -0.4 is 21.3 Å². The summed E-state index contributed by atoms with van der Waals surface area (Å²) in [5, 5.41) is 6.06. The van der Waals surface area contributed by atoms with Crippen LogP contribution in [0.25, 0.3) is 22.4 Å². The van der Waals surface area contributed by atoms with Crippen LogP contribution in [0, 0.1) is 38.6 Å². The number of nitrogens with one attached hydrogen (secondary N) is 2. The summed E-state index contributed by atoms with van der Waals surface area (Å²) in [4.78, 5) is 31.6. The van der Waals surface area contributed by atoms with Gasteiger partial charge in [-0.25, -0.2) is 18.6 Å². The van der Waals surface area contributed by atoms with Crippen LogP contribution in [0.3, 0.4) is 0 Å². The molecule has 4 aromatic carbocycles. The van der Waals surface area contributed by atoms with Crippen molar-refractivity contribution in [1.82, 2.24) is 14.9 Å². The normalized spacial score (nSPS) is 11.8. The smallest absolute Gasteiger partial charge is 0.319 e. The van der Waals surface area contributed by atoms with Gasteiger partial charge in [-0.05, 0) is 91.7 Å². The molecule has 0 bridgehead atoms. The number of nitrogens with zero attached hydrogens (tertiary/aromatic N) is 3. The SMILES string of the molecule is [CH2][CH]N([CH][CH2])c1ccc(-c2nc3cc(C(CC(N)=O)NC(=O)Nc4ccc(Cl)c(Cl)c4)ccc3n2Cc2ccc(F)c(F)c2)cc1. The van der Waals surface area contributed by atoms with E-state index < -0.39 is 29.6 Å². The number of fused-ring (bicyclic) bond motifs is 1. The summed E-state index contributed by atoms with van der Waals surface area (Å²) < 4.78 is 29.7. The van der Waals surface area contributed by atoms with Gasteiger partial charge >= 0.3 is 6.03 Å². The molecule has 0 aliphatic carbocycles. The Morgan fingerprint density at radius 3 is 2.33 bits per heavy atom. The molecular weight excluding hydrogens is 633 g/mol. The Labute approximate surface area is 275 Å². The van der Waals surface area contributed by atoms with E-state index in [2.05, 4.69) is 24.5 Å². The molecule has 234 valence electrons. The number of halogens is 4. The van der Waals surface area contributed by atoms with Crippen molar-refractivity contribution in [2.45, 2.75) is 19.0 Å². The summed E-state index contributed by atoms with van der Waals surface area (Å²) in [7, 11) is 0. The summed E-state index contributed by atoms with van der Waals surface area (Å²) in [5.41, 5.74) is 9.85. The molecule has 5 rings (SSSR count). The summed E-state index contributed by atoms with van der Waals surface area (Å²) in [6, 6.07) is 19.8. The Balaban J connectivity index is 1.52. The van der Waals surface area contributed by atoms with E-state index in [4.69, 9.17) is 33.9 Å². The highest BCUT2D eigenvalue weighted by atomic mass is 35.5. The van der Waals surface area contributed by atoms with Crippen LogP contribution in [0.5, 0.6) is 0 Å². The first kappa shape index (κ1) is 32.7. The standard InChI is InChI=1S/C34H28Cl2F2N6O2/c1-3-43(4-2)24-10-6-21(7-11-24)33-41-30-16-22(8-14-31(30)44(33)19-20-5-13-27(37)28(38)15-20)29(18-32(39)45)42-34(46)40-23-9-12-25(35)26(36)17-23/h3-17,29H,1-2,18-19H2,(H2,39,45)(H2,40,42,46). The molecule has 0 spiro atoms. The molecule has 4 N–H and O–H groups in total. The number of carbonyl (C=O) groups excluding carboxylic acids is 2. The molecule has 1 unspecified atom stereocenters. The second-order valence-corrected chi connectivity index (χ2v) is 11.1. The van der Waals surface area contributed by atoms with Crippen molar-refractivity contribution in [2.24, 2.45) is 5.73 Å². The number of anilines is 2. The highest BCUT2D eigenvalue weighted by molar-refractivity contribution is 6.42. The van der Waals surface area contributed by atoms with Crippen molar-refractivity contribution in [3.8, 4) is 11.4 Å². The molecule has 1 atom stereocenters. The van der Waals surface area contributed by atoms with Gasteiger partial charge in [0.25, 0.3) is 0 Å². The quantitative estimate of drug-likeness (QED) is 0.134. The first-order valence-corrected chi connectivity index (χ1v) is 14.7. The molecule has 5 aromatic rings. The minimum Gasteiger partial charge on any atom is -0.370 e. The van der Waals surface area contributed by atoms with Gasteiger partial charge in [-0.2, -0.15) is 0 Å². The largest absolute Gasteiger partial charge is 0.370 e. The average molecular weight is 662 g/mol. The van der Waals surface area contributed by atoms with Crippen LogP contribution in [0.4, 0.5) is 25.0 Å². The number of primary amides is 1. The first-order chi connectivity index (χ1) is 22.1. The van der Waals surface area contributed by atoms with Crippen molar-refractivity contribution in [2.75, 3.05) is 10.2 Å². The van der Waals surface area contributed by atoms with Crippen molar-refractivity contribution in [3.63, 3.8) is 0 Å². The van der Waals surface area contributed by atoms with Crippen molar-refractivity contribution in [3.05, 3.63) is 139 Å². The predicted molar refractivity (Wildman–Crippen MR) is 178 cm³/mol. The van der Waals surface area contributed by atoms with E-state index in [0.717, 1.165) is 23.4 Å². The highest BCUT2D eigenvalue weighted by Gasteiger charge is 2.21. The van der Waals surface area contributed by atoms with E-state index in [1.54, 1.807) is 48.3 Å². The molecule has 0 saturated carbocycles. The summed E-state index contributed by atoms with van der Waals surface area (Å²) in [6.07, 6.45) is -0.187. The predicted octanol–water partition coefficient (Wildman–Crippen LogP) is 7.87. The number of benzene rings is 4. The van der Waals surface area contributed by atoms with Crippen molar-refractivity contribution < 1.29 is 18.4 Å². The number of urea groups is 1. The molecule has 1 heterocycles. The molecule has 8 nitrogen and oxygen atoms in total. The molecule has 0 aliphatic rings. The molecule has 12 heteroatoms. The van der Waals surface area contributed by atoms with Gasteiger partial charge < -0.3 is 25.8 Å². The first-order valence-electron chi connectivity index (χ1n) is 13.9. The average Bonchev–Trinajstić information content (AvgIpc) is 3.38. The lowest BCUT2D eigenvalue weighted by molar-refractivity contribution is -0.118. The Hall–Kier alpha value is -4.67. The fourth-order valence-corrected chi connectivity index (χ4v) is 5.28. The van der Waals surface area contributed by atoms with E-state index in [0.29, 0.717) is 38.7 Å². The zero-order valence-electron chi connectivity index (χ0n) is 24.3. The Bertz CT molecular complexity index is 1890. The fraction of sp³-hybridized carbons (Fsp3) is 0.0882. The minimum absolute atomic E-state index is 0.185. The number of aromatic nitrogens is 2.